The highest BCUT2D eigenvalue weighted by Crippen LogP contribution is 2.14. The van der Waals surface area contributed by atoms with Crippen molar-refractivity contribution in [3.63, 3.8) is 0 Å². The SMILES string of the molecule is NCc1ccc(S(=O)(=O)NCc2ccc(Cl)cc2)o1. The van der Waals surface area contributed by atoms with E-state index in [0.29, 0.717) is 10.8 Å². The average molecular weight is 301 g/mol. The van der Waals surface area contributed by atoms with Crippen LogP contribution in [0.3, 0.4) is 0 Å². The van der Waals surface area contributed by atoms with Crippen LogP contribution in [0.25, 0.3) is 0 Å². The average Bonchev–Trinajstić information content (AvgIpc) is 2.88. The maximum absolute atomic E-state index is 11.9. The van der Waals surface area contributed by atoms with E-state index in [-0.39, 0.29) is 18.2 Å². The Bertz CT molecular complexity index is 650. The summed E-state index contributed by atoms with van der Waals surface area (Å²) in [5.74, 6) is 0.423. The number of furan rings is 1. The molecule has 1 aromatic carbocycles. The van der Waals surface area contributed by atoms with Crippen LogP contribution in [-0.2, 0) is 23.1 Å². The van der Waals surface area contributed by atoms with Gasteiger partial charge in [0.2, 0.25) is 5.09 Å². The molecule has 7 heteroatoms. The minimum absolute atomic E-state index is 0.137. The molecule has 0 aliphatic heterocycles. The Morgan fingerprint density at radius 2 is 1.84 bits per heavy atom. The van der Waals surface area contributed by atoms with E-state index in [1.165, 1.54) is 12.1 Å². The summed E-state index contributed by atoms with van der Waals surface area (Å²) in [5.41, 5.74) is 6.17. The molecule has 3 N–H and O–H groups in total. The van der Waals surface area contributed by atoms with Crippen molar-refractivity contribution in [2.75, 3.05) is 0 Å². The van der Waals surface area contributed by atoms with Gasteiger partial charge < -0.3 is 10.2 Å². The number of rotatable bonds is 5. The van der Waals surface area contributed by atoms with Crippen molar-refractivity contribution in [3.8, 4) is 0 Å². The van der Waals surface area contributed by atoms with Crippen molar-refractivity contribution in [3.05, 3.63) is 52.7 Å². The summed E-state index contributed by atoms with van der Waals surface area (Å²) in [6.07, 6.45) is 0. The standard InChI is InChI=1S/C12H13ClN2O3S/c13-10-3-1-9(2-4-10)8-15-19(16,17)12-6-5-11(7-14)18-12/h1-6,15H,7-8,14H2. The third-order valence-corrected chi connectivity index (χ3v) is 4.01. The van der Waals surface area contributed by atoms with Gasteiger partial charge >= 0.3 is 0 Å². The Kier molecular flexibility index (Phi) is 4.26. The Morgan fingerprint density at radius 3 is 2.42 bits per heavy atom. The molecule has 0 spiro atoms. The molecule has 1 aromatic heterocycles. The lowest BCUT2D eigenvalue weighted by atomic mass is 10.2. The Morgan fingerprint density at radius 1 is 1.16 bits per heavy atom. The third-order valence-electron chi connectivity index (χ3n) is 2.48. The second kappa shape index (κ2) is 5.75. The number of sulfonamides is 1. The molecule has 0 saturated heterocycles. The molecule has 0 atom stereocenters. The molecular weight excluding hydrogens is 288 g/mol. The van der Waals surface area contributed by atoms with Gasteiger partial charge in [-0.3, -0.25) is 0 Å². The normalized spacial score (nSPS) is 11.7. The highest BCUT2D eigenvalue weighted by Gasteiger charge is 2.18. The van der Waals surface area contributed by atoms with Crippen molar-refractivity contribution in [2.45, 2.75) is 18.2 Å². The number of hydrogen-bond donors (Lipinski definition) is 2. The Hall–Kier alpha value is -1.34. The fourth-order valence-electron chi connectivity index (χ4n) is 1.46. The summed E-state index contributed by atoms with van der Waals surface area (Å²) in [4.78, 5) is 0. The van der Waals surface area contributed by atoms with Crippen LogP contribution in [0.15, 0.2) is 45.9 Å². The quantitative estimate of drug-likeness (QED) is 0.882. The highest BCUT2D eigenvalue weighted by molar-refractivity contribution is 7.89. The fourth-order valence-corrected chi connectivity index (χ4v) is 2.55. The molecule has 0 fully saturated rings. The largest absolute Gasteiger partial charge is 0.447 e. The molecule has 0 unspecified atom stereocenters. The molecule has 2 rings (SSSR count). The van der Waals surface area contributed by atoms with E-state index in [9.17, 15) is 8.42 Å². The van der Waals surface area contributed by atoms with Gasteiger partial charge in [0.1, 0.15) is 5.76 Å². The van der Waals surface area contributed by atoms with Crippen LogP contribution in [0.1, 0.15) is 11.3 Å². The van der Waals surface area contributed by atoms with Crippen LogP contribution in [0.5, 0.6) is 0 Å². The van der Waals surface area contributed by atoms with Crippen LogP contribution in [0.2, 0.25) is 5.02 Å². The van der Waals surface area contributed by atoms with E-state index in [1.54, 1.807) is 24.3 Å². The first-order valence-electron chi connectivity index (χ1n) is 5.54. The third kappa shape index (κ3) is 3.57. The van der Waals surface area contributed by atoms with Crippen molar-refractivity contribution in [2.24, 2.45) is 5.73 Å². The van der Waals surface area contributed by atoms with Gasteiger partial charge in [0.25, 0.3) is 10.0 Å². The zero-order valence-corrected chi connectivity index (χ0v) is 11.5. The van der Waals surface area contributed by atoms with Crippen molar-refractivity contribution in [1.82, 2.24) is 4.72 Å². The first-order chi connectivity index (χ1) is 9.01. The van der Waals surface area contributed by atoms with Crippen molar-refractivity contribution >= 4 is 21.6 Å². The van der Waals surface area contributed by atoms with E-state index < -0.39 is 10.0 Å². The smallest absolute Gasteiger partial charge is 0.274 e. The highest BCUT2D eigenvalue weighted by atomic mass is 35.5. The summed E-state index contributed by atoms with van der Waals surface area (Å²) >= 11 is 5.75. The zero-order chi connectivity index (χ0) is 13.9. The summed E-state index contributed by atoms with van der Waals surface area (Å²) in [7, 11) is -3.66. The van der Waals surface area contributed by atoms with E-state index >= 15 is 0 Å². The van der Waals surface area contributed by atoms with Crippen LogP contribution >= 0.6 is 11.6 Å². The van der Waals surface area contributed by atoms with Gasteiger partial charge in [0.05, 0.1) is 6.54 Å². The second-order valence-electron chi connectivity index (χ2n) is 3.88. The summed E-state index contributed by atoms with van der Waals surface area (Å²) in [6, 6.07) is 9.81. The van der Waals surface area contributed by atoms with E-state index in [1.807, 2.05) is 0 Å². The van der Waals surface area contributed by atoms with Crippen molar-refractivity contribution in [1.29, 1.82) is 0 Å². The van der Waals surface area contributed by atoms with Gasteiger partial charge in [-0.2, -0.15) is 0 Å². The Labute approximate surface area is 116 Å². The predicted molar refractivity (Wildman–Crippen MR) is 72.1 cm³/mol. The molecule has 0 amide bonds. The topological polar surface area (TPSA) is 85.3 Å². The molecule has 0 radical (unpaired) electrons. The van der Waals surface area contributed by atoms with Crippen LogP contribution in [0.4, 0.5) is 0 Å². The lowest BCUT2D eigenvalue weighted by Gasteiger charge is -2.04. The van der Waals surface area contributed by atoms with Crippen molar-refractivity contribution < 1.29 is 12.8 Å². The molecule has 0 bridgehead atoms. The minimum Gasteiger partial charge on any atom is -0.447 e. The number of halogens is 1. The van der Waals surface area contributed by atoms with Crippen LogP contribution in [0, 0.1) is 0 Å². The van der Waals surface area contributed by atoms with Gasteiger partial charge in [-0.15, -0.1) is 0 Å². The maximum Gasteiger partial charge on any atom is 0.274 e. The minimum atomic E-state index is -3.66. The lowest BCUT2D eigenvalue weighted by molar-refractivity contribution is 0.413. The van der Waals surface area contributed by atoms with E-state index in [0.717, 1.165) is 5.56 Å². The number of hydrogen-bond acceptors (Lipinski definition) is 4. The molecule has 19 heavy (non-hydrogen) atoms. The molecule has 2 aromatic rings. The first-order valence-corrected chi connectivity index (χ1v) is 7.40. The van der Waals surface area contributed by atoms with Gasteiger partial charge in [0.15, 0.2) is 0 Å². The maximum atomic E-state index is 11.9. The van der Waals surface area contributed by atoms with E-state index in [2.05, 4.69) is 4.72 Å². The molecular formula is C12H13ClN2O3S. The van der Waals surface area contributed by atoms with E-state index in [4.69, 9.17) is 21.8 Å². The van der Waals surface area contributed by atoms with Gasteiger partial charge in [-0.05, 0) is 29.8 Å². The molecule has 0 saturated carbocycles. The van der Waals surface area contributed by atoms with Gasteiger partial charge in [-0.25, -0.2) is 13.1 Å². The summed E-state index contributed by atoms with van der Waals surface area (Å²) in [6.45, 7) is 0.324. The number of nitrogens with one attached hydrogen (secondary N) is 1. The fraction of sp³-hybridized carbons (Fsp3) is 0.167. The zero-order valence-electron chi connectivity index (χ0n) is 9.97. The van der Waals surface area contributed by atoms with Crippen LogP contribution in [-0.4, -0.2) is 8.42 Å². The number of nitrogens with two attached hydrogens (primary N) is 1. The monoisotopic (exact) mass is 300 g/mol. The van der Waals surface area contributed by atoms with Gasteiger partial charge in [-0.1, -0.05) is 23.7 Å². The first kappa shape index (κ1) is 14.1. The molecule has 0 aliphatic rings. The second-order valence-corrected chi connectivity index (χ2v) is 6.01. The number of benzene rings is 1. The predicted octanol–water partition coefficient (Wildman–Crippen LogP) is 1.87. The lowest BCUT2D eigenvalue weighted by Crippen LogP contribution is -2.22. The Balaban J connectivity index is 2.07. The summed E-state index contributed by atoms with van der Waals surface area (Å²) in [5, 5.41) is 0.465. The van der Waals surface area contributed by atoms with Crippen LogP contribution < -0.4 is 10.5 Å². The molecule has 102 valence electrons. The summed E-state index contributed by atoms with van der Waals surface area (Å²) < 4.78 is 31.4. The molecule has 0 aliphatic carbocycles. The molecule has 1 heterocycles. The van der Waals surface area contributed by atoms with Gasteiger partial charge in [0, 0.05) is 11.6 Å². The molecule has 5 nitrogen and oxygen atoms in total.